The smallest absolute Gasteiger partial charge is 0.243 e. The van der Waals surface area contributed by atoms with Crippen LogP contribution >= 0.6 is 0 Å². The molecule has 1 heterocycles. The number of tetrazole rings is 1. The first-order valence-electron chi connectivity index (χ1n) is 8.21. The summed E-state index contributed by atoms with van der Waals surface area (Å²) >= 11 is 0. The molecule has 7 heteroatoms. The molecule has 1 N–H and O–H groups in total. The van der Waals surface area contributed by atoms with Crippen LogP contribution in [-0.2, 0) is 19.7 Å². The summed E-state index contributed by atoms with van der Waals surface area (Å²) in [7, 11) is 0. The zero-order valence-electron chi connectivity index (χ0n) is 14.0. The van der Waals surface area contributed by atoms with Gasteiger partial charge in [-0.1, -0.05) is 36.3 Å². The fourth-order valence-corrected chi connectivity index (χ4v) is 2.37. The largest absolute Gasteiger partial charge is 0.489 e. The van der Waals surface area contributed by atoms with E-state index in [2.05, 4.69) is 27.8 Å². The molecule has 25 heavy (non-hydrogen) atoms. The molecule has 2 aromatic carbocycles. The highest BCUT2D eigenvalue weighted by molar-refractivity contribution is 5.32. The monoisotopic (exact) mass is 341 g/mol. The van der Waals surface area contributed by atoms with Crippen molar-refractivity contribution in [2.45, 2.75) is 33.0 Å². The maximum absolute atomic E-state index is 12.9. The summed E-state index contributed by atoms with van der Waals surface area (Å²) < 4.78 is 20.4. The molecule has 0 unspecified atom stereocenters. The number of ether oxygens (including phenoxy) is 1. The van der Waals surface area contributed by atoms with Gasteiger partial charge in [0, 0.05) is 13.1 Å². The second-order valence-electron chi connectivity index (χ2n) is 5.64. The van der Waals surface area contributed by atoms with Gasteiger partial charge < -0.3 is 10.1 Å². The number of nitrogens with zero attached hydrogens (tertiary/aromatic N) is 4. The quantitative estimate of drug-likeness (QED) is 0.680. The van der Waals surface area contributed by atoms with E-state index >= 15 is 0 Å². The van der Waals surface area contributed by atoms with E-state index in [0.29, 0.717) is 19.1 Å². The molecule has 130 valence electrons. The molecular weight excluding hydrogens is 321 g/mol. The number of rotatable bonds is 8. The third-order valence-corrected chi connectivity index (χ3v) is 3.64. The molecule has 0 atom stereocenters. The molecule has 0 saturated carbocycles. The van der Waals surface area contributed by atoms with E-state index in [9.17, 15) is 4.39 Å². The highest BCUT2D eigenvalue weighted by atomic mass is 19.1. The Morgan fingerprint density at radius 2 is 1.96 bits per heavy atom. The lowest BCUT2D eigenvalue weighted by Gasteiger charge is -2.09. The third-order valence-electron chi connectivity index (χ3n) is 3.64. The van der Waals surface area contributed by atoms with Gasteiger partial charge in [-0.3, -0.25) is 0 Å². The Morgan fingerprint density at radius 3 is 2.76 bits per heavy atom. The van der Waals surface area contributed by atoms with E-state index < -0.39 is 0 Å². The van der Waals surface area contributed by atoms with Gasteiger partial charge in [0.25, 0.3) is 0 Å². The minimum atomic E-state index is -0.248. The van der Waals surface area contributed by atoms with Crippen molar-refractivity contribution in [1.29, 1.82) is 0 Å². The van der Waals surface area contributed by atoms with Crippen LogP contribution in [0.5, 0.6) is 5.75 Å². The zero-order chi connectivity index (χ0) is 17.5. The number of nitrogens with one attached hydrogen (secondary N) is 1. The molecule has 0 aliphatic rings. The number of aromatic nitrogens is 4. The van der Waals surface area contributed by atoms with Gasteiger partial charge in [0.05, 0.1) is 0 Å². The van der Waals surface area contributed by atoms with E-state index in [0.717, 1.165) is 29.8 Å². The van der Waals surface area contributed by atoms with E-state index in [-0.39, 0.29) is 5.82 Å². The molecule has 0 amide bonds. The van der Waals surface area contributed by atoms with Crippen LogP contribution in [0.15, 0.2) is 48.5 Å². The van der Waals surface area contributed by atoms with Gasteiger partial charge in [-0.05, 0) is 52.2 Å². The topological polar surface area (TPSA) is 64.9 Å². The zero-order valence-corrected chi connectivity index (χ0v) is 14.0. The van der Waals surface area contributed by atoms with Gasteiger partial charge in [-0.2, -0.15) is 0 Å². The number of halogens is 1. The first-order chi connectivity index (χ1) is 12.2. The summed E-state index contributed by atoms with van der Waals surface area (Å²) in [6.45, 7) is 3.84. The number of hydrogen-bond donors (Lipinski definition) is 1. The van der Waals surface area contributed by atoms with Gasteiger partial charge in [-0.25, -0.2) is 9.07 Å². The number of aryl methyl sites for hydroxylation is 1. The molecule has 0 spiro atoms. The molecular formula is C18H20FN5O. The predicted molar refractivity (Wildman–Crippen MR) is 92.6 cm³/mol. The van der Waals surface area contributed by atoms with Gasteiger partial charge in [0.15, 0.2) is 0 Å². The molecule has 0 bridgehead atoms. The first-order valence-corrected chi connectivity index (χ1v) is 8.21. The van der Waals surface area contributed by atoms with Crippen LogP contribution in [-0.4, -0.2) is 20.2 Å². The Labute approximate surface area is 145 Å². The second-order valence-corrected chi connectivity index (χ2v) is 5.64. The second kappa shape index (κ2) is 8.23. The van der Waals surface area contributed by atoms with Crippen molar-refractivity contribution in [1.82, 2.24) is 20.2 Å². The Kier molecular flexibility index (Phi) is 5.56. The van der Waals surface area contributed by atoms with Crippen molar-refractivity contribution >= 4 is 5.95 Å². The van der Waals surface area contributed by atoms with Crippen molar-refractivity contribution in [3.63, 3.8) is 0 Å². The Morgan fingerprint density at radius 1 is 1.12 bits per heavy atom. The van der Waals surface area contributed by atoms with Crippen molar-refractivity contribution in [3.8, 4) is 5.75 Å². The van der Waals surface area contributed by atoms with E-state index in [1.807, 2.05) is 24.3 Å². The normalized spacial score (nSPS) is 10.6. The predicted octanol–water partition coefficient (Wildman–Crippen LogP) is 3.41. The average Bonchev–Trinajstić information content (AvgIpc) is 3.07. The molecule has 6 nitrogen and oxygen atoms in total. The molecule has 1 aromatic heterocycles. The summed E-state index contributed by atoms with van der Waals surface area (Å²) in [5.74, 6) is 1.17. The van der Waals surface area contributed by atoms with Crippen LogP contribution in [0.1, 0.15) is 24.5 Å². The van der Waals surface area contributed by atoms with Crippen molar-refractivity contribution in [3.05, 3.63) is 65.5 Å². The molecule has 0 aliphatic heterocycles. The Hall–Kier alpha value is -2.96. The number of anilines is 1. The summed E-state index contributed by atoms with van der Waals surface area (Å²) in [5, 5.41) is 14.9. The van der Waals surface area contributed by atoms with Gasteiger partial charge in [0.1, 0.15) is 18.2 Å². The van der Waals surface area contributed by atoms with E-state index in [1.165, 1.54) is 12.1 Å². The summed E-state index contributed by atoms with van der Waals surface area (Å²) in [6, 6.07) is 14.1. The molecule has 3 aromatic rings. The van der Waals surface area contributed by atoms with Crippen molar-refractivity contribution in [2.75, 3.05) is 5.32 Å². The van der Waals surface area contributed by atoms with E-state index in [1.54, 1.807) is 16.8 Å². The van der Waals surface area contributed by atoms with Crippen molar-refractivity contribution < 1.29 is 9.13 Å². The van der Waals surface area contributed by atoms with Crippen molar-refractivity contribution in [2.24, 2.45) is 0 Å². The standard InChI is InChI=1S/C18H20FN5O/c1-2-10-24-18(21-22-23-24)20-12-15-4-3-5-17(11-15)25-13-14-6-8-16(19)9-7-14/h3-9,11H,2,10,12-13H2,1H3,(H,20,21,23). The van der Waals surface area contributed by atoms with Crippen LogP contribution < -0.4 is 10.1 Å². The Bertz CT molecular complexity index is 803. The van der Waals surface area contributed by atoms with Crippen LogP contribution in [0.4, 0.5) is 10.3 Å². The lowest BCUT2D eigenvalue weighted by atomic mass is 10.2. The third kappa shape index (κ3) is 4.76. The van der Waals surface area contributed by atoms with Crippen LogP contribution in [0.25, 0.3) is 0 Å². The highest BCUT2D eigenvalue weighted by Crippen LogP contribution is 2.16. The fraction of sp³-hybridized carbons (Fsp3) is 0.278. The highest BCUT2D eigenvalue weighted by Gasteiger charge is 2.05. The molecule has 0 aliphatic carbocycles. The lowest BCUT2D eigenvalue weighted by molar-refractivity contribution is 0.306. The number of hydrogen-bond acceptors (Lipinski definition) is 5. The Balaban J connectivity index is 1.57. The maximum atomic E-state index is 12.9. The van der Waals surface area contributed by atoms with E-state index in [4.69, 9.17) is 4.74 Å². The molecule has 0 fully saturated rings. The van der Waals surface area contributed by atoms with Crippen LogP contribution in [0, 0.1) is 5.82 Å². The van der Waals surface area contributed by atoms with Gasteiger partial charge in [-0.15, -0.1) is 0 Å². The SMILES string of the molecule is CCCn1nnnc1NCc1cccc(OCc2ccc(F)cc2)c1. The molecule has 0 saturated heterocycles. The summed E-state index contributed by atoms with van der Waals surface area (Å²) in [6.07, 6.45) is 0.965. The summed E-state index contributed by atoms with van der Waals surface area (Å²) in [5.41, 5.74) is 1.98. The summed E-state index contributed by atoms with van der Waals surface area (Å²) in [4.78, 5) is 0. The molecule has 3 rings (SSSR count). The van der Waals surface area contributed by atoms with Crippen LogP contribution in [0.3, 0.4) is 0 Å². The van der Waals surface area contributed by atoms with Gasteiger partial charge >= 0.3 is 0 Å². The van der Waals surface area contributed by atoms with Crippen LogP contribution in [0.2, 0.25) is 0 Å². The average molecular weight is 341 g/mol. The number of benzene rings is 2. The first kappa shape index (κ1) is 16.9. The minimum absolute atomic E-state index is 0.248. The minimum Gasteiger partial charge on any atom is -0.489 e. The maximum Gasteiger partial charge on any atom is 0.243 e. The fourth-order valence-electron chi connectivity index (χ4n) is 2.37. The van der Waals surface area contributed by atoms with Gasteiger partial charge in [0.2, 0.25) is 5.95 Å². The molecule has 0 radical (unpaired) electrons. The lowest BCUT2D eigenvalue weighted by Crippen LogP contribution is -2.08.